The molecule has 0 fully saturated rings. The topological polar surface area (TPSA) is 72.9 Å². The van der Waals surface area contributed by atoms with Gasteiger partial charge in [-0.1, -0.05) is 35.9 Å². The summed E-state index contributed by atoms with van der Waals surface area (Å²) in [5, 5.41) is 0. The summed E-state index contributed by atoms with van der Waals surface area (Å²) in [6.45, 7) is 4.65. The fraction of sp³-hybridized carbons (Fsp3) is 0.240. The quantitative estimate of drug-likeness (QED) is 0.405. The number of sulfonamides is 1. The Morgan fingerprint density at radius 1 is 0.844 bits per heavy atom. The van der Waals surface area contributed by atoms with Crippen LogP contribution in [0.1, 0.15) is 25.3 Å². The first-order valence-corrected chi connectivity index (χ1v) is 11.9. The van der Waals surface area contributed by atoms with Crippen LogP contribution in [-0.2, 0) is 14.8 Å². The zero-order chi connectivity index (χ0) is 23.0. The maximum absolute atomic E-state index is 13.3. The lowest BCUT2D eigenvalue weighted by Crippen LogP contribution is -2.37. The number of benzene rings is 3. The van der Waals surface area contributed by atoms with Crippen molar-refractivity contribution in [1.82, 2.24) is 0 Å². The van der Waals surface area contributed by atoms with Crippen molar-refractivity contribution in [3.8, 4) is 11.5 Å². The van der Waals surface area contributed by atoms with Crippen LogP contribution in [0.4, 0.5) is 5.69 Å². The second kappa shape index (κ2) is 10.8. The Balaban J connectivity index is 1.76. The third-order valence-corrected chi connectivity index (χ3v) is 6.48. The summed E-state index contributed by atoms with van der Waals surface area (Å²) in [6.07, 6.45) is 0.398. The molecule has 0 aliphatic heterocycles. The van der Waals surface area contributed by atoms with Gasteiger partial charge in [0.2, 0.25) is 5.91 Å². The average Bonchev–Trinajstić information content (AvgIpc) is 2.80. The summed E-state index contributed by atoms with van der Waals surface area (Å²) in [7, 11) is -4.07. The lowest BCUT2D eigenvalue weighted by Gasteiger charge is -2.23. The van der Waals surface area contributed by atoms with Crippen LogP contribution in [0.25, 0.3) is 0 Å². The van der Waals surface area contributed by atoms with Gasteiger partial charge in [0.1, 0.15) is 11.5 Å². The lowest BCUT2D eigenvalue weighted by molar-refractivity contribution is -0.117. The van der Waals surface area contributed by atoms with Crippen molar-refractivity contribution in [2.75, 3.05) is 17.5 Å². The minimum atomic E-state index is -4.07. The van der Waals surface area contributed by atoms with Gasteiger partial charge in [-0.05, 0) is 68.8 Å². The number of hydrogen-bond donors (Lipinski definition) is 0. The van der Waals surface area contributed by atoms with Crippen LogP contribution < -0.4 is 13.8 Å². The molecule has 168 valence electrons. The number of aryl methyl sites for hydroxylation is 1. The molecule has 0 aliphatic rings. The third-order valence-electron chi connectivity index (χ3n) is 4.71. The van der Waals surface area contributed by atoms with Gasteiger partial charge in [0, 0.05) is 6.42 Å². The zero-order valence-corrected chi connectivity index (χ0v) is 19.0. The molecule has 0 radical (unpaired) electrons. The molecule has 0 bridgehead atoms. The molecular weight excluding hydrogens is 426 g/mol. The summed E-state index contributed by atoms with van der Waals surface area (Å²) in [5.74, 6) is 0.793. The first kappa shape index (κ1) is 23.3. The van der Waals surface area contributed by atoms with Crippen LogP contribution in [0.3, 0.4) is 0 Å². The molecule has 32 heavy (non-hydrogen) atoms. The van der Waals surface area contributed by atoms with E-state index < -0.39 is 15.9 Å². The Morgan fingerprint density at radius 3 is 2.06 bits per heavy atom. The van der Waals surface area contributed by atoms with Crippen molar-refractivity contribution >= 4 is 21.6 Å². The molecule has 0 saturated heterocycles. The molecule has 0 spiro atoms. The fourth-order valence-corrected chi connectivity index (χ4v) is 4.58. The van der Waals surface area contributed by atoms with E-state index in [0.717, 1.165) is 9.87 Å². The summed E-state index contributed by atoms with van der Waals surface area (Å²) in [4.78, 5) is 13.1. The van der Waals surface area contributed by atoms with Crippen molar-refractivity contribution in [2.45, 2.75) is 31.6 Å². The Bertz CT molecular complexity index is 1110. The van der Waals surface area contributed by atoms with Gasteiger partial charge in [-0.15, -0.1) is 0 Å². The molecule has 0 saturated carbocycles. The Labute approximate surface area is 189 Å². The Morgan fingerprint density at radius 2 is 1.44 bits per heavy atom. The van der Waals surface area contributed by atoms with Gasteiger partial charge in [-0.25, -0.2) is 12.7 Å². The van der Waals surface area contributed by atoms with E-state index in [-0.39, 0.29) is 17.0 Å². The second-order valence-corrected chi connectivity index (χ2v) is 8.95. The van der Waals surface area contributed by atoms with Crippen LogP contribution in [-0.4, -0.2) is 27.5 Å². The van der Waals surface area contributed by atoms with Crippen LogP contribution >= 0.6 is 0 Å². The predicted molar refractivity (Wildman–Crippen MR) is 125 cm³/mol. The number of anilines is 1. The van der Waals surface area contributed by atoms with Gasteiger partial charge in [0.25, 0.3) is 10.0 Å². The van der Waals surface area contributed by atoms with Crippen molar-refractivity contribution in [3.05, 3.63) is 84.4 Å². The molecule has 0 N–H and O–H groups in total. The van der Waals surface area contributed by atoms with Crippen molar-refractivity contribution in [1.29, 1.82) is 0 Å². The molecule has 3 rings (SSSR count). The van der Waals surface area contributed by atoms with E-state index in [0.29, 0.717) is 31.1 Å². The van der Waals surface area contributed by atoms with E-state index in [2.05, 4.69) is 0 Å². The minimum absolute atomic E-state index is 0.0190. The van der Waals surface area contributed by atoms with Gasteiger partial charge >= 0.3 is 0 Å². The predicted octanol–water partition coefficient (Wildman–Crippen LogP) is 4.97. The number of nitrogens with zero attached hydrogens (tertiary/aromatic N) is 1. The zero-order valence-electron chi connectivity index (χ0n) is 18.2. The molecule has 6 nitrogen and oxygen atoms in total. The van der Waals surface area contributed by atoms with E-state index in [9.17, 15) is 13.2 Å². The van der Waals surface area contributed by atoms with Crippen LogP contribution in [0.15, 0.2) is 83.8 Å². The molecule has 7 heteroatoms. The molecule has 0 aromatic heterocycles. The summed E-state index contributed by atoms with van der Waals surface area (Å²) < 4.78 is 38.6. The number of ether oxygens (including phenoxy) is 2. The van der Waals surface area contributed by atoms with Crippen molar-refractivity contribution in [3.63, 3.8) is 0 Å². The normalized spacial score (nSPS) is 11.1. The van der Waals surface area contributed by atoms with Crippen molar-refractivity contribution < 1.29 is 22.7 Å². The van der Waals surface area contributed by atoms with E-state index >= 15 is 0 Å². The van der Waals surface area contributed by atoms with E-state index in [1.54, 1.807) is 42.5 Å². The number of carbonyl (C=O) groups excluding carboxylic acids is 1. The van der Waals surface area contributed by atoms with Crippen LogP contribution in [0, 0.1) is 6.92 Å². The monoisotopic (exact) mass is 453 g/mol. The fourth-order valence-electron chi connectivity index (χ4n) is 3.11. The second-order valence-electron chi connectivity index (χ2n) is 7.17. The van der Waals surface area contributed by atoms with Crippen LogP contribution in [0.2, 0.25) is 0 Å². The lowest BCUT2D eigenvalue weighted by atomic mass is 10.2. The first-order valence-electron chi connectivity index (χ1n) is 10.5. The largest absolute Gasteiger partial charge is 0.494 e. The van der Waals surface area contributed by atoms with Gasteiger partial charge in [0.15, 0.2) is 0 Å². The smallest absolute Gasteiger partial charge is 0.270 e. The molecular formula is C25H27NO5S. The molecule has 3 aromatic rings. The molecule has 0 unspecified atom stereocenters. The Hall–Kier alpha value is -3.32. The van der Waals surface area contributed by atoms with Gasteiger partial charge in [-0.3, -0.25) is 4.79 Å². The van der Waals surface area contributed by atoms with Gasteiger partial charge < -0.3 is 9.47 Å². The number of carbonyl (C=O) groups is 1. The standard InChI is InChI=1S/C25H27NO5S/c1-3-30-22-17-13-21(14-18-22)26(32(28,29)24-8-5-4-6-9-24)25(27)10-7-19-31-23-15-11-20(2)12-16-23/h4-6,8-9,11-18H,3,7,10,19H2,1-2H3. The average molecular weight is 454 g/mol. The molecule has 3 aromatic carbocycles. The maximum atomic E-state index is 13.3. The molecule has 0 heterocycles. The highest BCUT2D eigenvalue weighted by Crippen LogP contribution is 2.27. The first-order chi connectivity index (χ1) is 15.4. The van der Waals surface area contributed by atoms with Crippen LogP contribution in [0.5, 0.6) is 11.5 Å². The highest BCUT2D eigenvalue weighted by Gasteiger charge is 2.30. The molecule has 0 atom stereocenters. The number of hydrogen-bond acceptors (Lipinski definition) is 5. The van der Waals surface area contributed by atoms with E-state index in [4.69, 9.17) is 9.47 Å². The highest BCUT2D eigenvalue weighted by atomic mass is 32.2. The van der Waals surface area contributed by atoms with E-state index in [1.807, 2.05) is 38.1 Å². The van der Waals surface area contributed by atoms with Crippen molar-refractivity contribution in [2.24, 2.45) is 0 Å². The van der Waals surface area contributed by atoms with Gasteiger partial charge in [-0.2, -0.15) is 0 Å². The third kappa shape index (κ3) is 5.88. The maximum Gasteiger partial charge on any atom is 0.270 e. The molecule has 0 aliphatic carbocycles. The van der Waals surface area contributed by atoms with Gasteiger partial charge in [0.05, 0.1) is 23.8 Å². The summed E-state index contributed by atoms with van der Waals surface area (Å²) in [6, 6.07) is 22.0. The SMILES string of the molecule is CCOc1ccc(N(C(=O)CCCOc2ccc(C)cc2)S(=O)(=O)c2ccccc2)cc1. The summed E-state index contributed by atoms with van der Waals surface area (Å²) in [5.41, 5.74) is 1.39. The number of amides is 1. The minimum Gasteiger partial charge on any atom is -0.494 e. The molecule has 1 amide bonds. The highest BCUT2D eigenvalue weighted by molar-refractivity contribution is 7.93. The number of rotatable bonds is 10. The summed E-state index contributed by atoms with van der Waals surface area (Å²) >= 11 is 0. The Kier molecular flexibility index (Phi) is 7.89. The van der Waals surface area contributed by atoms with E-state index in [1.165, 1.54) is 12.1 Å².